The number of benzene rings is 2. The quantitative estimate of drug-likeness (QED) is 0.615. The van der Waals surface area contributed by atoms with E-state index in [0.29, 0.717) is 25.8 Å². The molecule has 2 rings (SSSR count). The topological polar surface area (TPSA) is 52.3 Å². The molecule has 0 heterocycles. The maximum atomic E-state index is 13.3. The second-order valence-corrected chi connectivity index (χ2v) is 5.58. The summed E-state index contributed by atoms with van der Waals surface area (Å²) in [7, 11) is 0. The van der Waals surface area contributed by atoms with Gasteiger partial charge in [0.05, 0.1) is 14.5 Å². The van der Waals surface area contributed by atoms with Crippen molar-refractivity contribution in [3.63, 3.8) is 0 Å². The molecule has 0 saturated carbocycles. The molecular weight excluding hydrogens is 393 g/mol. The molecule has 2 N–H and O–H groups in total. The highest BCUT2D eigenvalue weighted by Crippen LogP contribution is 2.25. The zero-order valence-electron chi connectivity index (χ0n) is 10.2. The number of carbonyl (C=O) groups is 1. The summed E-state index contributed by atoms with van der Waals surface area (Å²) in [6.45, 7) is -0.0293. The van der Waals surface area contributed by atoms with Gasteiger partial charge in [0.1, 0.15) is 12.4 Å². The summed E-state index contributed by atoms with van der Waals surface area (Å²) in [5.74, 6) is -0.927. The fourth-order valence-electron chi connectivity index (χ4n) is 1.59. The zero-order chi connectivity index (χ0) is 14.7. The minimum atomic E-state index is -0.527. The van der Waals surface area contributed by atoms with E-state index in [1.54, 1.807) is 30.3 Å². The number of nitrogens with two attached hydrogens (primary N) is 1. The van der Waals surface area contributed by atoms with Crippen LogP contribution < -0.4 is 5.73 Å². The summed E-state index contributed by atoms with van der Waals surface area (Å²) in [5.41, 5.74) is 7.03. The molecule has 2 aromatic rings. The lowest BCUT2D eigenvalue weighted by Gasteiger charge is -2.09. The van der Waals surface area contributed by atoms with Crippen molar-refractivity contribution < 1.29 is 13.9 Å². The highest BCUT2D eigenvalue weighted by Gasteiger charge is 2.14. The van der Waals surface area contributed by atoms with Crippen LogP contribution in [0.5, 0.6) is 0 Å². The first kappa shape index (κ1) is 15.0. The van der Waals surface area contributed by atoms with Crippen LogP contribution in [0.1, 0.15) is 15.9 Å². The van der Waals surface area contributed by atoms with Gasteiger partial charge >= 0.3 is 5.97 Å². The van der Waals surface area contributed by atoms with Crippen molar-refractivity contribution in [2.45, 2.75) is 6.61 Å². The molecule has 104 valence electrons. The number of halogens is 3. The van der Waals surface area contributed by atoms with Crippen molar-refractivity contribution in [3.05, 3.63) is 62.3 Å². The van der Waals surface area contributed by atoms with Gasteiger partial charge in [0, 0.05) is 11.3 Å². The first-order valence-electron chi connectivity index (χ1n) is 5.64. The number of esters is 1. The molecule has 3 nitrogen and oxygen atoms in total. The summed E-state index contributed by atoms with van der Waals surface area (Å²) in [5, 5.41) is 0. The summed E-state index contributed by atoms with van der Waals surface area (Å²) in [6.07, 6.45) is 0. The van der Waals surface area contributed by atoms with Gasteiger partial charge in [-0.2, -0.15) is 0 Å². The maximum Gasteiger partial charge on any atom is 0.339 e. The molecule has 0 aliphatic rings. The molecule has 2 aromatic carbocycles. The normalized spacial score (nSPS) is 10.3. The number of anilines is 1. The van der Waals surface area contributed by atoms with Gasteiger partial charge in [0.25, 0.3) is 0 Å². The second-order valence-electron chi connectivity index (χ2n) is 4.00. The number of carbonyl (C=O) groups excluding carboxylic acids is 1. The third-order valence-electron chi connectivity index (χ3n) is 2.64. The molecule has 0 bridgehead atoms. The molecule has 0 fully saturated rings. The van der Waals surface area contributed by atoms with E-state index in [9.17, 15) is 9.18 Å². The van der Waals surface area contributed by atoms with Gasteiger partial charge in [-0.3, -0.25) is 0 Å². The van der Waals surface area contributed by atoms with E-state index in [0.717, 1.165) is 0 Å². The Hall–Kier alpha value is -1.40. The molecule has 0 aromatic heterocycles. The number of nitrogen functional groups attached to an aromatic ring is 1. The van der Waals surface area contributed by atoms with E-state index < -0.39 is 11.8 Å². The fraction of sp³-hybridized carbons (Fsp3) is 0.0714. The Balaban J connectivity index is 2.13. The molecule has 0 amide bonds. The smallest absolute Gasteiger partial charge is 0.339 e. The van der Waals surface area contributed by atoms with E-state index in [1.165, 1.54) is 6.07 Å². The molecular formula is C14H10Br2FNO2. The average Bonchev–Trinajstić information content (AvgIpc) is 2.43. The monoisotopic (exact) mass is 401 g/mol. The van der Waals surface area contributed by atoms with Crippen LogP contribution in [0, 0.1) is 5.82 Å². The van der Waals surface area contributed by atoms with E-state index in [-0.39, 0.29) is 6.61 Å². The SMILES string of the molecule is Nc1cccc(C(=O)OCc2cccc(F)c2Br)c1Br. The molecule has 0 spiro atoms. The number of hydrogen-bond donors (Lipinski definition) is 1. The van der Waals surface area contributed by atoms with Gasteiger partial charge in [0.15, 0.2) is 0 Å². The first-order chi connectivity index (χ1) is 9.50. The lowest BCUT2D eigenvalue weighted by atomic mass is 10.2. The van der Waals surface area contributed by atoms with Gasteiger partial charge < -0.3 is 10.5 Å². The molecule has 0 radical (unpaired) electrons. The van der Waals surface area contributed by atoms with Crippen LogP contribution in [0.25, 0.3) is 0 Å². The molecule has 0 atom stereocenters. The Bertz CT molecular complexity index is 662. The van der Waals surface area contributed by atoms with Gasteiger partial charge in [-0.05, 0) is 50.1 Å². The molecule has 0 unspecified atom stereocenters. The van der Waals surface area contributed by atoms with Crippen molar-refractivity contribution in [3.8, 4) is 0 Å². The lowest BCUT2D eigenvalue weighted by Crippen LogP contribution is -2.07. The van der Waals surface area contributed by atoms with Crippen LogP contribution in [-0.2, 0) is 11.3 Å². The van der Waals surface area contributed by atoms with Crippen molar-refractivity contribution in [1.82, 2.24) is 0 Å². The third kappa shape index (κ3) is 3.19. The average molecular weight is 403 g/mol. The lowest BCUT2D eigenvalue weighted by molar-refractivity contribution is 0.0470. The Kier molecular flexibility index (Phi) is 4.77. The summed E-state index contributed by atoms with van der Waals surface area (Å²) < 4.78 is 19.3. The Morgan fingerprint density at radius 3 is 2.60 bits per heavy atom. The number of ether oxygens (including phenoxy) is 1. The van der Waals surface area contributed by atoms with E-state index in [2.05, 4.69) is 31.9 Å². The molecule has 6 heteroatoms. The van der Waals surface area contributed by atoms with Crippen LogP contribution in [0.3, 0.4) is 0 Å². The second kappa shape index (κ2) is 6.37. The third-order valence-corrected chi connectivity index (χ3v) is 4.41. The standard InChI is InChI=1S/C14H10Br2FNO2/c15-12-8(3-1-5-10(12)17)7-20-14(19)9-4-2-6-11(18)13(9)16/h1-6H,7,18H2. The first-order valence-corrected chi connectivity index (χ1v) is 7.23. The van der Waals surface area contributed by atoms with Gasteiger partial charge in [0.2, 0.25) is 0 Å². The summed E-state index contributed by atoms with van der Waals surface area (Å²) >= 11 is 6.36. The Morgan fingerprint density at radius 2 is 1.85 bits per heavy atom. The van der Waals surface area contributed by atoms with Gasteiger partial charge in [-0.1, -0.05) is 18.2 Å². The highest BCUT2D eigenvalue weighted by atomic mass is 79.9. The fourth-order valence-corrected chi connectivity index (χ4v) is 2.39. The van der Waals surface area contributed by atoms with Gasteiger partial charge in [-0.15, -0.1) is 0 Å². The minimum Gasteiger partial charge on any atom is -0.457 e. The summed E-state index contributed by atoms with van der Waals surface area (Å²) in [4.78, 5) is 12.0. The van der Waals surface area contributed by atoms with Crippen LogP contribution >= 0.6 is 31.9 Å². The van der Waals surface area contributed by atoms with E-state index >= 15 is 0 Å². The molecule has 20 heavy (non-hydrogen) atoms. The van der Waals surface area contributed by atoms with Crippen LogP contribution in [0.2, 0.25) is 0 Å². The summed E-state index contributed by atoms with van der Waals surface area (Å²) in [6, 6.07) is 9.49. The predicted molar refractivity (Wildman–Crippen MR) is 81.8 cm³/mol. The number of hydrogen-bond acceptors (Lipinski definition) is 3. The van der Waals surface area contributed by atoms with E-state index in [1.807, 2.05) is 0 Å². The van der Waals surface area contributed by atoms with Crippen molar-refractivity contribution in [2.75, 3.05) is 5.73 Å². The minimum absolute atomic E-state index is 0.0293. The molecule has 0 aliphatic carbocycles. The van der Waals surface area contributed by atoms with Gasteiger partial charge in [-0.25, -0.2) is 9.18 Å². The Morgan fingerprint density at radius 1 is 1.15 bits per heavy atom. The van der Waals surface area contributed by atoms with Crippen molar-refractivity contribution >= 4 is 43.5 Å². The maximum absolute atomic E-state index is 13.3. The van der Waals surface area contributed by atoms with Crippen molar-refractivity contribution in [2.24, 2.45) is 0 Å². The highest BCUT2D eigenvalue weighted by molar-refractivity contribution is 9.11. The predicted octanol–water partition coefficient (Wildman–Crippen LogP) is 4.29. The van der Waals surface area contributed by atoms with Crippen molar-refractivity contribution in [1.29, 1.82) is 0 Å². The largest absolute Gasteiger partial charge is 0.457 e. The van der Waals surface area contributed by atoms with E-state index in [4.69, 9.17) is 10.5 Å². The molecule has 0 aliphatic heterocycles. The van der Waals surface area contributed by atoms with Crippen LogP contribution in [0.4, 0.5) is 10.1 Å². The molecule has 0 saturated heterocycles. The van der Waals surface area contributed by atoms with Crippen LogP contribution in [0.15, 0.2) is 45.3 Å². The van der Waals surface area contributed by atoms with Crippen LogP contribution in [-0.4, -0.2) is 5.97 Å². The number of rotatable bonds is 3. The zero-order valence-corrected chi connectivity index (χ0v) is 13.4. The Labute approximate surface area is 132 Å².